The van der Waals surface area contributed by atoms with Crippen molar-refractivity contribution in [1.82, 2.24) is 29.5 Å². The van der Waals surface area contributed by atoms with E-state index in [1.807, 2.05) is 72.5 Å². The number of nitrogens with zero attached hydrogens (tertiary/aromatic N) is 5. The number of amides is 1. The zero-order valence-corrected chi connectivity index (χ0v) is 14.3. The van der Waals surface area contributed by atoms with Crippen LogP contribution in [0.25, 0.3) is 16.7 Å². The van der Waals surface area contributed by atoms with Crippen molar-refractivity contribution in [2.45, 2.75) is 19.9 Å². The molecule has 0 aliphatic carbocycles. The minimum atomic E-state index is -0.272. The zero-order valence-electron chi connectivity index (χ0n) is 14.3. The Kier molecular flexibility index (Phi) is 3.49. The summed E-state index contributed by atoms with van der Waals surface area (Å²) in [6.07, 6.45) is 1.88. The molecule has 126 valence electrons. The number of rotatable bonds is 3. The number of aromatic nitrogens is 5. The highest BCUT2D eigenvalue weighted by atomic mass is 16.1. The standard InChI is InChI=1S/C18H18N6O/c1-11(17-22-21-16-6-4-5-9-24(16)17)19-18(25)13-7-8-15-14(10-13)20-12(2)23(15)3/h4-11H,1-3H3,(H,19,25)/t11-/m0/s1. The van der Waals surface area contributed by atoms with Crippen molar-refractivity contribution in [2.75, 3.05) is 0 Å². The second kappa shape index (κ2) is 5.70. The molecule has 4 rings (SSSR count). The van der Waals surface area contributed by atoms with Gasteiger partial charge in [0.05, 0.1) is 17.1 Å². The third-order valence-electron chi connectivity index (χ3n) is 4.44. The third kappa shape index (κ3) is 2.53. The van der Waals surface area contributed by atoms with Crippen LogP contribution >= 0.6 is 0 Å². The van der Waals surface area contributed by atoms with Crippen molar-refractivity contribution in [2.24, 2.45) is 7.05 Å². The van der Waals surface area contributed by atoms with E-state index in [0.29, 0.717) is 11.4 Å². The number of aryl methyl sites for hydroxylation is 2. The fraction of sp³-hybridized carbons (Fsp3) is 0.222. The van der Waals surface area contributed by atoms with Crippen LogP contribution in [0.1, 0.15) is 35.0 Å². The van der Waals surface area contributed by atoms with Gasteiger partial charge in [0.1, 0.15) is 5.82 Å². The van der Waals surface area contributed by atoms with Gasteiger partial charge in [-0.1, -0.05) is 6.07 Å². The average Bonchev–Trinajstić information content (AvgIpc) is 3.16. The predicted octanol–water partition coefficient (Wildman–Crippen LogP) is 2.42. The number of benzene rings is 1. The highest BCUT2D eigenvalue weighted by Crippen LogP contribution is 2.18. The molecule has 3 heterocycles. The number of carbonyl (C=O) groups excluding carboxylic acids is 1. The smallest absolute Gasteiger partial charge is 0.251 e. The Morgan fingerprint density at radius 3 is 2.88 bits per heavy atom. The van der Waals surface area contributed by atoms with Crippen LogP contribution in [0.2, 0.25) is 0 Å². The number of carbonyl (C=O) groups is 1. The van der Waals surface area contributed by atoms with Crippen LogP contribution in [0.4, 0.5) is 0 Å². The molecule has 0 aliphatic heterocycles. The monoisotopic (exact) mass is 334 g/mol. The van der Waals surface area contributed by atoms with Gasteiger partial charge in [-0.15, -0.1) is 10.2 Å². The summed E-state index contributed by atoms with van der Waals surface area (Å²) in [5.41, 5.74) is 3.15. The molecule has 0 aliphatic rings. The Labute approximate surface area is 144 Å². The van der Waals surface area contributed by atoms with Crippen molar-refractivity contribution in [3.8, 4) is 0 Å². The average molecular weight is 334 g/mol. The lowest BCUT2D eigenvalue weighted by molar-refractivity contribution is 0.0938. The maximum atomic E-state index is 12.6. The molecule has 1 aromatic carbocycles. The Morgan fingerprint density at radius 1 is 1.20 bits per heavy atom. The molecule has 0 radical (unpaired) electrons. The maximum Gasteiger partial charge on any atom is 0.251 e. The van der Waals surface area contributed by atoms with Crippen molar-refractivity contribution in [3.05, 3.63) is 59.8 Å². The minimum absolute atomic E-state index is 0.162. The van der Waals surface area contributed by atoms with Gasteiger partial charge >= 0.3 is 0 Å². The van der Waals surface area contributed by atoms with Gasteiger partial charge in [0, 0.05) is 18.8 Å². The van der Waals surface area contributed by atoms with E-state index in [1.54, 1.807) is 0 Å². The normalized spacial score (nSPS) is 12.6. The van der Waals surface area contributed by atoms with E-state index >= 15 is 0 Å². The summed E-state index contributed by atoms with van der Waals surface area (Å²) in [5.74, 6) is 1.44. The second-order valence-corrected chi connectivity index (χ2v) is 6.10. The molecule has 3 aromatic heterocycles. The molecule has 25 heavy (non-hydrogen) atoms. The maximum absolute atomic E-state index is 12.6. The van der Waals surface area contributed by atoms with Gasteiger partial charge in [0.2, 0.25) is 0 Å². The first kappa shape index (κ1) is 15.3. The number of fused-ring (bicyclic) bond motifs is 2. The van der Waals surface area contributed by atoms with Crippen molar-refractivity contribution < 1.29 is 4.79 Å². The predicted molar refractivity (Wildman–Crippen MR) is 94.3 cm³/mol. The van der Waals surface area contributed by atoms with Gasteiger partial charge in [-0.3, -0.25) is 9.20 Å². The van der Waals surface area contributed by atoms with Crippen LogP contribution in [0.3, 0.4) is 0 Å². The molecule has 1 N–H and O–H groups in total. The summed E-state index contributed by atoms with van der Waals surface area (Å²) >= 11 is 0. The minimum Gasteiger partial charge on any atom is -0.342 e. The van der Waals surface area contributed by atoms with Crippen molar-refractivity contribution >= 4 is 22.6 Å². The van der Waals surface area contributed by atoms with Crippen LogP contribution in [0.5, 0.6) is 0 Å². The lowest BCUT2D eigenvalue weighted by Gasteiger charge is -2.12. The molecular weight excluding hydrogens is 316 g/mol. The van der Waals surface area contributed by atoms with Crippen LogP contribution < -0.4 is 5.32 Å². The van der Waals surface area contributed by atoms with E-state index < -0.39 is 0 Å². The molecule has 0 spiro atoms. The van der Waals surface area contributed by atoms with Gasteiger partial charge in [-0.25, -0.2) is 4.98 Å². The lowest BCUT2D eigenvalue weighted by atomic mass is 10.1. The summed E-state index contributed by atoms with van der Waals surface area (Å²) < 4.78 is 3.87. The van der Waals surface area contributed by atoms with E-state index in [-0.39, 0.29) is 11.9 Å². The van der Waals surface area contributed by atoms with Gasteiger partial charge in [0.25, 0.3) is 5.91 Å². The Hall–Kier alpha value is -3.22. The zero-order chi connectivity index (χ0) is 17.6. The molecule has 1 atom stereocenters. The first-order chi connectivity index (χ1) is 12.0. The molecule has 7 nitrogen and oxygen atoms in total. The van der Waals surface area contributed by atoms with Gasteiger partial charge in [-0.05, 0) is 44.2 Å². The highest BCUT2D eigenvalue weighted by molar-refractivity contribution is 5.97. The van der Waals surface area contributed by atoms with Crippen molar-refractivity contribution in [3.63, 3.8) is 0 Å². The second-order valence-electron chi connectivity index (χ2n) is 6.10. The van der Waals surface area contributed by atoms with Crippen LogP contribution in [0, 0.1) is 6.92 Å². The van der Waals surface area contributed by atoms with Crippen LogP contribution in [-0.2, 0) is 7.05 Å². The summed E-state index contributed by atoms with van der Waals surface area (Å²) in [5, 5.41) is 11.3. The molecule has 0 bridgehead atoms. The number of pyridine rings is 1. The number of imidazole rings is 1. The summed E-state index contributed by atoms with van der Waals surface area (Å²) in [6, 6.07) is 11.0. The molecular formula is C18H18N6O. The topological polar surface area (TPSA) is 77.1 Å². The first-order valence-electron chi connectivity index (χ1n) is 8.08. The van der Waals surface area contributed by atoms with Crippen LogP contribution in [0.15, 0.2) is 42.6 Å². The first-order valence-corrected chi connectivity index (χ1v) is 8.08. The van der Waals surface area contributed by atoms with Gasteiger partial charge in [0.15, 0.2) is 11.5 Å². The quantitative estimate of drug-likeness (QED) is 0.624. The Balaban J connectivity index is 1.61. The van der Waals surface area contributed by atoms with Gasteiger partial charge in [-0.2, -0.15) is 0 Å². The Morgan fingerprint density at radius 2 is 2.04 bits per heavy atom. The number of nitrogens with one attached hydrogen (secondary N) is 1. The molecule has 4 aromatic rings. The van der Waals surface area contributed by atoms with E-state index in [2.05, 4.69) is 20.5 Å². The van der Waals surface area contributed by atoms with Gasteiger partial charge < -0.3 is 9.88 Å². The van der Waals surface area contributed by atoms with Crippen LogP contribution in [-0.4, -0.2) is 30.1 Å². The fourth-order valence-corrected chi connectivity index (χ4v) is 2.96. The van der Waals surface area contributed by atoms with E-state index in [9.17, 15) is 4.79 Å². The molecule has 0 fully saturated rings. The summed E-state index contributed by atoms with van der Waals surface area (Å²) in [4.78, 5) is 17.1. The third-order valence-corrected chi connectivity index (χ3v) is 4.44. The van der Waals surface area contributed by atoms with Crippen molar-refractivity contribution in [1.29, 1.82) is 0 Å². The number of hydrogen-bond donors (Lipinski definition) is 1. The largest absolute Gasteiger partial charge is 0.342 e. The van der Waals surface area contributed by atoms with E-state index in [1.165, 1.54) is 0 Å². The molecule has 0 saturated carbocycles. The van der Waals surface area contributed by atoms with E-state index in [4.69, 9.17) is 0 Å². The molecule has 1 amide bonds. The van der Waals surface area contributed by atoms with E-state index in [0.717, 1.165) is 22.5 Å². The molecule has 7 heteroatoms. The molecule has 0 saturated heterocycles. The lowest BCUT2D eigenvalue weighted by Crippen LogP contribution is -2.28. The SMILES string of the molecule is Cc1nc2cc(C(=O)N[C@@H](C)c3nnc4ccccn34)ccc2n1C. The Bertz CT molecular complexity index is 1090. The summed E-state index contributed by atoms with van der Waals surface area (Å²) in [7, 11) is 1.96. The molecule has 0 unspecified atom stereocenters. The fourth-order valence-electron chi connectivity index (χ4n) is 2.96. The summed E-state index contributed by atoms with van der Waals surface area (Å²) in [6.45, 7) is 3.84. The number of hydrogen-bond acceptors (Lipinski definition) is 4. The highest BCUT2D eigenvalue weighted by Gasteiger charge is 2.17.